The van der Waals surface area contributed by atoms with Gasteiger partial charge in [0.25, 0.3) is 5.91 Å². The smallest absolute Gasteiger partial charge is 0.255 e. The fraction of sp³-hybridized carbons (Fsp3) is 0.188. The molecule has 2 rings (SSSR count). The topological polar surface area (TPSA) is 76.4 Å². The van der Waals surface area contributed by atoms with E-state index in [4.69, 9.17) is 10.6 Å². The van der Waals surface area contributed by atoms with Crippen LogP contribution in [0.4, 0.5) is 11.4 Å². The van der Waals surface area contributed by atoms with Crippen molar-refractivity contribution in [3.05, 3.63) is 53.1 Å². The van der Waals surface area contributed by atoms with Crippen LogP contribution < -0.4 is 21.3 Å². The number of amides is 1. The zero-order valence-electron chi connectivity index (χ0n) is 12.4. The molecule has 0 radical (unpaired) electrons. The summed E-state index contributed by atoms with van der Waals surface area (Å²) in [6.45, 7) is 3.80. The first-order valence-corrected chi connectivity index (χ1v) is 6.58. The van der Waals surface area contributed by atoms with Gasteiger partial charge in [0.15, 0.2) is 0 Å². The minimum Gasteiger partial charge on any atom is -0.496 e. The van der Waals surface area contributed by atoms with Gasteiger partial charge in [0, 0.05) is 16.9 Å². The van der Waals surface area contributed by atoms with Crippen molar-refractivity contribution in [1.29, 1.82) is 0 Å². The van der Waals surface area contributed by atoms with Gasteiger partial charge in [0.05, 0.1) is 7.11 Å². The second-order valence-corrected chi connectivity index (χ2v) is 4.81. The zero-order chi connectivity index (χ0) is 15.4. The van der Waals surface area contributed by atoms with E-state index in [1.165, 1.54) is 0 Å². The fourth-order valence-corrected chi connectivity index (χ4v) is 2.16. The summed E-state index contributed by atoms with van der Waals surface area (Å²) in [6.07, 6.45) is 0. The molecule has 21 heavy (non-hydrogen) atoms. The summed E-state index contributed by atoms with van der Waals surface area (Å²) in [5.41, 5.74) is 6.50. The Kier molecular flexibility index (Phi) is 4.45. The number of nitrogens with one attached hydrogen (secondary N) is 2. The second-order valence-electron chi connectivity index (χ2n) is 4.81. The van der Waals surface area contributed by atoms with Crippen LogP contribution in [0.5, 0.6) is 5.75 Å². The van der Waals surface area contributed by atoms with Crippen LogP contribution in [0.2, 0.25) is 0 Å². The van der Waals surface area contributed by atoms with Crippen molar-refractivity contribution in [2.45, 2.75) is 13.8 Å². The number of methoxy groups -OCH3 is 1. The van der Waals surface area contributed by atoms with Crippen molar-refractivity contribution in [2.24, 2.45) is 5.84 Å². The van der Waals surface area contributed by atoms with Crippen LogP contribution in [0, 0.1) is 13.8 Å². The Hall–Kier alpha value is -2.53. The number of rotatable bonds is 4. The van der Waals surface area contributed by atoms with Gasteiger partial charge in [-0.25, -0.2) is 0 Å². The molecule has 0 atom stereocenters. The Bertz CT molecular complexity index is 669. The molecule has 0 aliphatic rings. The quantitative estimate of drug-likeness (QED) is 0.596. The number of nitrogen functional groups attached to an aromatic ring is 1. The molecule has 0 spiro atoms. The zero-order valence-corrected chi connectivity index (χ0v) is 12.4. The number of anilines is 2. The third-order valence-corrected chi connectivity index (χ3v) is 3.29. The highest BCUT2D eigenvalue weighted by molar-refractivity contribution is 6.05. The predicted octanol–water partition coefficient (Wildman–Crippen LogP) is 2.85. The summed E-state index contributed by atoms with van der Waals surface area (Å²) in [5, 5.41) is 2.88. The molecule has 0 aliphatic carbocycles. The lowest BCUT2D eigenvalue weighted by molar-refractivity contribution is 0.102. The third-order valence-electron chi connectivity index (χ3n) is 3.29. The molecule has 0 aliphatic heterocycles. The lowest BCUT2D eigenvalue weighted by Crippen LogP contribution is -2.14. The molecular formula is C16H19N3O2. The Morgan fingerprint density at radius 1 is 1.05 bits per heavy atom. The lowest BCUT2D eigenvalue weighted by Gasteiger charge is -2.11. The minimum absolute atomic E-state index is 0.152. The van der Waals surface area contributed by atoms with Crippen molar-refractivity contribution >= 4 is 17.3 Å². The van der Waals surface area contributed by atoms with Gasteiger partial charge >= 0.3 is 0 Å². The molecule has 0 unspecified atom stereocenters. The van der Waals surface area contributed by atoms with Gasteiger partial charge in [0.2, 0.25) is 0 Å². The van der Waals surface area contributed by atoms with E-state index >= 15 is 0 Å². The average molecular weight is 285 g/mol. The molecule has 0 fully saturated rings. The maximum Gasteiger partial charge on any atom is 0.255 e. The minimum atomic E-state index is -0.152. The van der Waals surface area contributed by atoms with Crippen LogP contribution in [0.25, 0.3) is 0 Å². The first-order chi connectivity index (χ1) is 10.0. The normalized spacial score (nSPS) is 10.1. The summed E-state index contributed by atoms with van der Waals surface area (Å²) in [6, 6.07) is 10.9. The number of hydrazine groups is 1. The first kappa shape index (κ1) is 14.9. The molecule has 0 saturated heterocycles. The molecule has 0 saturated carbocycles. The molecule has 1 amide bonds. The first-order valence-electron chi connectivity index (χ1n) is 6.58. The second kappa shape index (κ2) is 6.28. The van der Waals surface area contributed by atoms with E-state index in [0.717, 1.165) is 28.3 Å². The van der Waals surface area contributed by atoms with E-state index in [9.17, 15) is 4.79 Å². The molecule has 5 heteroatoms. The van der Waals surface area contributed by atoms with Crippen molar-refractivity contribution in [2.75, 3.05) is 17.9 Å². The van der Waals surface area contributed by atoms with Crippen molar-refractivity contribution < 1.29 is 9.53 Å². The van der Waals surface area contributed by atoms with Gasteiger partial charge in [-0.05, 0) is 61.4 Å². The van der Waals surface area contributed by atoms with Gasteiger partial charge in [-0.1, -0.05) is 0 Å². The van der Waals surface area contributed by atoms with Gasteiger partial charge in [-0.3, -0.25) is 10.6 Å². The monoisotopic (exact) mass is 285 g/mol. The average Bonchev–Trinajstić information content (AvgIpc) is 2.47. The molecule has 0 heterocycles. The number of hydrogen-bond acceptors (Lipinski definition) is 4. The van der Waals surface area contributed by atoms with Crippen LogP contribution in [-0.2, 0) is 0 Å². The van der Waals surface area contributed by atoms with E-state index in [2.05, 4.69) is 10.7 Å². The number of benzene rings is 2. The summed E-state index contributed by atoms with van der Waals surface area (Å²) in [7, 11) is 1.62. The molecule has 0 aromatic heterocycles. The highest BCUT2D eigenvalue weighted by Crippen LogP contribution is 2.22. The number of carbonyl (C=O) groups excluding carboxylic acids is 1. The Morgan fingerprint density at radius 3 is 2.29 bits per heavy atom. The number of aryl methyl sites for hydroxylation is 2. The van der Waals surface area contributed by atoms with E-state index < -0.39 is 0 Å². The third kappa shape index (κ3) is 3.32. The van der Waals surface area contributed by atoms with Crippen LogP contribution in [0.1, 0.15) is 21.5 Å². The summed E-state index contributed by atoms with van der Waals surface area (Å²) in [4.78, 5) is 12.3. The van der Waals surface area contributed by atoms with Crippen LogP contribution in [0.15, 0.2) is 36.4 Å². The van der Waals surface area contributed by atoms with E-state index in [-0.39, 0.29) is 5.91 Å². The molecule has 2 aromatic rings. The Labute approximate surface area is 124 Å². The summed E-state index contributed by atoms with van der Waals surface area (Å²) >= 11 is 0. The SMILES string of the molecule is COc1ccc(NC(=O)c2ccc(NN)cc2C)cc1C. The van der Waals surface area contributed by atoms with E-state index in [0.29, 0.717) is 5.56 Å². The maximum atomic E-state index is 12.3. The van der Waals surface area contributed by atoms with Crippen molar-refractivity contribution in [1.82, 2.24) is 0 Å². The number of hydrogen-bond donors (Lipinski definition) is 3. The van der Waals surface area contributed by atoms with E-state index in [1.807, 2.05) is 38.1 Å². The summed E-state index contributed by atoms with van der Waals surface area (Å²) < 4.78 is 5.20. The number of nitrogens with two attached hydrogens (primary N) is 1. The largest absolute Gasteiger partial charge is 0.496 e. The highest BCUT2D eigenvalue weighted by atomic mass is 16.5. The van der Waals surface area contributed by atoms with Gasteiger partial charge in [-0.2, -0.15) is 0 Å². The van der Waals surface area contributed by atoms with Gasteiger partial charge < -0.3 is 15.5 Å². The van der Waals surface area contributed by atoms with Crippen molar-refractivity contribution in [3.63, 3.8) is 0 Å². The van der Waals surface area contributed by atoms with Gasteiger partial charge in [0.1, 0.15) is 5.75 Å². The van der Waals surface area contributed by atoms with Crippen molar-refractivity contribution in [3.8, 4) is 5.75 Å². The predicted molar refractivity (Wildman–Crippen MR) is 84.7 cm³/mol. The number of ether oxygens (including phenoxy) is 1. The summed E-state index contributed by atoms with van der Waals surface area (Å²) in [5.74, 6) is 5.99. The highest BCUT2D eigenvalue weighted by Gasteiger charge is 2.10. The maximum absolute atomic E-state index is 12.3. The number of carbonyl (C=O) groups is 1. The van der Waals surface area contributed by atoms with Crippen LogP contribution >= 0.6 is 0 Å². The molecule has 5 nitrogen and oxygen atoms in total. The van der Waals surface area contributed by atoms with Crippen LogP contribution in [-0.4, -0.2) is 13.0 Å². The Morgan fingerprint density at radius 2 is 1.71 bits per heavy atom. The molecule has 4 N–H and O–H groups in total. The van der Waals surface area contributed by atoms with Crippen LogP contribution in [0.3, 0.4) is 0 Å². The molecule has 2 aromatic carbocycles. The fourth-order valence-electron chi connectivity index (χ4n) is 2.16. The lowest BCUT2D eigenvalue weighted by atomic mass is 10.1. The van der Waals surface area contributed by atoms with Gasteiger partial charge in [-0.15, -0.1) is 0 Å². The molecule has 0 bridgehead atoms. The standard InChI is InChI=1S/C16H19N3O2/c1-10-8-13(19-17)4-6-14(10)16(20)18-12-5-7-15(21-3)11(2)9-12/h4-9,19H,17H2,1-3H3,(H,18,20). The molecule has 110 valence electrons. The van der Waals surface area contributed by atoms with E-state index in [1.54, 1.807) is 19.2 Å². The Balaban J connectivity index is 2.20. The molecular weight excluding hydrogens is 266 g/mol.